The molecule has 0 saturated heterocycles. The maximum absolute atomic E-state index is 12.4. The molecule has 136 valence electrons. The molecule has 0 radical (unpaired) electrons. The molecule has 5 heteroatoms. The Hall–Kier alpha value is -2.59. The van der Waals surface area contributed by atoms with Gasteiger partial charge in [-0.05, 0) is 47.2 Å². The molecule has 0 fully saturated rings. The van der Waals surface area contributed by atoms with Crippen molar-refractivity contribution in [1.82, 2.24) is 0 Å². The van der Waals surface area contributed by atoms with Crippen molar-refractivity contribution < 1.29 is 19.8 Å². The van der Waals surface area contributed by atoms with Crippen LogP contribution in [0.1, 0.15) is 40.9 Å². The zero-order valence-corrected chi connectivity index (χ0v) is 15.5. The van der Waals surface area contributed by atoms with Gasteiger partial charge in [-0.15, -0.1) is 0 Å². The summed E-state index contributed by atoms with van der Waals surface area (Å²) in [7, 11) is 0. The molecule has 0 heterocycles. The number of allylic oxidation sites excluding steroid dienone is 1. The van der Waals surface area contributed by atoms with Crippen molar-refractivity contribution >= 4 is 29.4 Å². The first-order valence-corrected chi connectivity index (χ1v) is 8.68. The van der Waals surface area contributed by atoms with E-state index >= 15 is 0 Å². The fourth-order valence-electron chi connectivity index (χ4n) is 2.62. The molecular weight excluding hydrogens is 352 g/mol. The highest BCUT2D eigenvalue weighted by atomic mass is 35.5. The summed E-state index contributed by atoms with van der Waals surface area (Å²) in [5, 5.41) is 18.8. The number of phenols is 1. The molecule has 0 aliphatic heterocycles. The number of halogens is 1. The van der Waals surface area contributed by atoms with Crippen LogP contribution >= 0.6 is 11.6 Å². The molecule has 26 heavy (non-hydrogen) atoms. The van der Waals surface area contributed by atoms with Crippen LogP contribution in [0.3, 0.4) is 0 Å². The van der Waals surface area contributed by atoms with Gasteiger partial charge in [0.15, 0.2) is 5.78 Å². The second-order valence-corrected chi connectivity index (χ2v) is 6.99. The number of aromatic hydroxyl groups is 1. The van der Waals surface area contributed by atoms with Gasteiger partial charge in [0, 0.05) is 0 Å². The van der Waals surface area contributed by atoms with Crippen molar-refractivity contribution in [3.05, 3.63) is 69.8 Å². The summed E-state index contributed by atoms with van der Waals surface area (Å²) in [6.07, 6.45) is 3.71. The molecule has 0 atom stereocenters. The number of phenolic OH excluding ortho intramolecular Hbond substituents is 1. The Kier molecular flexibility index (Phi) is 6.58. The van der Waals surface area contributed by atoms with Crippen LogP contribution in [0.4, 0.5) is 0 Å². The number of aliphatic carboxylic acids is 1. The van der Waals surface area contributed by atoms with Gasteiger partial charge in [0.25, 0.3) is 0 Å². The van der Waals surface area contributed by atoms with Gasteiger partial charge in [-0.25, -0.2) is 0 Å². The van der Waals surface area contributed by atoms with E-state index in [-0.39, 0.29) is 22.8 Å². The maximum atomic E-state index is 12.4. The minimum absolute atomic E-state index is 0.0126. The Morgan fingerprint density at radius 1 is 1.12 bits per heavy atom. The van der Waals surface area contributed by atoms with Crippen molar-refractivity contribution in [3.63, 3.8) is 0 Å². The number of benzene rings is 2. The van der Waals surface area contributed by atoms with E-state index < -0.39 is 11.8 Å². The van der Waals surface area contributed by atoms with Crippen LogP contribution in [0.2, 0.25) is 5.02 Å². The molecule has 0 unspecified atom stereocenters. The molecule has 0 spiro atoms. The lowest BCUT2D eigenvalue weighted by atomic mass is 10.0. The van der Waals surface area contributed by atoms with Gasteiger partial charge in [0.2, 0.25) is 0 Å². The molecule has 4 nitrogen and oxygen atoms in total. The molecular formula is C21H21ClO4. The van der Waals surface area contributed by atoms with Crippen LogP contribution in [0.15, 0.2) is 42.5 Å². The highest BCUT2D eigenvalue weighted by molar-refractivity contribution is 6.33. The highest BCUT2D eigenvalue weighted by Gasteiger charge is 2.15. The smallest absolute Gasteiger partial charge is 0.307 e. The lowest BCUT2D eigenvalue weighted by Gasteiger charge is -2.07. The molecule has 0 aromatic heterocycles. The first-order chi connectivity index (χ1) is 12.3. The number of hydrogen-bond acceptors (Lipinski definition) is 3. The summed E-state index contributed by atoms with van der Waals surface area (Å²) in [5.41, 5.74) is 2.43. The number of carboxylic acid groups (broad SMARTS) is 1. The monoisotopic (exact) mass is 372 g/mol. The van der Waals surface area contributed by atoms with Crippen molar-refractivity contribution in [2.75, 3.05) is 0 Å². The topological polar surface area (TPSA) is 74.6 Å². The van der Waals surface area contributed by atoms with Crippen LogP contribution in [-0.4, -0.2) is 22.0 Å². The zero-order valence-electron chi connectivity index (χ0n) is 14.7. The number of carboxylic acids is 1. The number of rotatable bonds is 7. The Labute approximate surface area is 157 Å². The summed E-state index contributed by atoms with van der Waals surface area (Å²) < 4.78 is 0. The van der Waals surface area contributed by atoms with E-state index in [1.165, 1.54) is 23.8 Å². The van der Waals surface area contributed by atoms with Crippen molar-refractivity contribution in [1.29, 1.82) is 0 Å². The van der Waals surface area contributed by atoms with E-state index in [1.807, 2.05) is 24.3 Å². The lowest BCUT2D eigenvalue weighted by Crippen LogP contribution is -2.03. The summed E-state index contributed by atoms with van der Waals surface area (Å²) in [4.78, 5) is 23.2. The number of carbonyl (C=O) groups is 2. The molecule has 0 saturated carbocycles. The maximum Gasteiger partial charge on any atom is 0.307 e. The normalized spacial score (nSPS) is 11.2. The average molecular weight is 373 g/mol. The van der Waals surface area contributed by atoms with Crippen LogP contribution < -0.4 is 0 Å². The van der Waals surface area contributed by atoms with E-state index in [2.05, 4.69) is 13.8 Å². The molecule has 2 N–H and O–H groups in total. The fourth-order valence-corrected chi connectivity index (χ4v) is 2.86. The van der Waals surface area contributed by atoms with Crippen molar-refractivity contribution in [2.24, 2.45) is 5.92 Å². The van der Waals surface area contributed by atoms with E-state index in [1.54, 1.807) is 6.08 Å². The van der Waals surface area contributed by atoms with Crippen LogP contribution in [0.5, 0.6) is 5.75 Å². The van der Waals surface area contributed by atoms with Crippen molar-refractivity contribution in [3.8, 4) is 5.75 Å². The number of ketones is 1. The van der Waals surface area contributed by atoms with Crippen LogP contribution in [0.25, 0.3) is 6.08 Å². The fraction of sp³-hybridized carbons (Fsp3) is 0.238. The molecule has 0 aliphatic rings. The Balaban J connectivity index is 2.19. The van der Waals surface area contributed by atoms with Gasteiger partial charge in [-0.1, -0.05) is 55.8 Å². The lowest BCUT2D eigenvalue weighted by molar-refractivity contribution is -0.136. The largest absolute Gasteiger partial charge is 0.506 e. The van der Waals surface area contributed by atoms with Gasteiger partial charge in [0.05, 0.1) is 17.0 Å². The SMILES string of the molecule is CC(C)Cc1ccc(/C=C/C(=O)c2cc(CC(=O)O)cc(Cl)c2O)cc1. The third-order valence-electron chi connectivity index (χ3n) is 3.79. The second-order valence-electron chi connectivity index (χ2n) is 6.58. The van der Waals surface area contributed by atoms with Gasteiger partial charge >= 0.3 is 5.97 Å². The Bertz CT molecular complexity index is 836. The summed E-state index contributed by atoms with van der Waals surface area (Å²) >= 11 is 5.90. The van der Waals surface area contributed by atoms with E-state index in [9.17, 15) is 14.7 Å². The average Bonchev–Trinajstić information content (AvgIpc) is 2.56. The summed E-state index contributed by atoms with van der Waals surface area (Å²) in [5.74, 6) is -1.25. The third-order valence-corrected chi connectivity index (χ3v) is 4.08. The number of hydrogen-bond donors (Lipinski definition) is 2. The van der Waals surface area contributed by atoms with E-state index in [4.69, 9.17) is 16.7 Å². The summed E-state index contributed by atoms with van der Waals surface area (Å²) in [6.45, 7) is 4.31. The standard InChI is InChI=1S/C21H21ClO4/c1-13(2)9-15-5-3-14(4-6-15)7-8-19(23)17-10-16(12-20(24)25)11-18(22)21(17)26/h3-8,10-11,13,26H,9,12H2,1-2H3,(H,24,25)/b8-7+. The highest BCUT2D eigenvalue weighted by Crippen LogP contribution is 2.30. The first kappa shape index (κ1) is 19.7. The van der Waals surface area contributed by atoms with Gasteiger partial charge in [-0.2, -0.15) is 0 Å². The van der Waals surface area contributed by atoms with Crippen LogP contribution in [-0.2, 0) is 17.6 Å². The molecule has 0 bridgehead atoms. The predicted molar refractivity (Wildman–Crippen MR) is 103 cm³/mol. The zero-order chi connectivity index (χ0) is 19.3. The Morgan fingerprint density at radius 2 is 1.77 bits per heavy atom. The quantitative estimate of drug-likeness (QED) is 0.542. The van der Waals surface area contributed by atoms with Gasteiger partial charge in [0.1, 0.15) is 5.75 Å². The summed E-state index contributed by atoms with van der Waals surface area (Å²) in [6, 6.07) is 10.6. The molecule has 2 aromatic carbocycles. The van der Waals surface area contributed by atoms with Crippen molar-refractivity contribution in [2.45, 2.75) is 26.7 Å². The van der Waals surface area contributed by atoms with Gasteiger partial charge < -0.3 is 10.2 Å². The molecule has 2 rings (SSSR count). The predicted octanol–water partition coefficient (Wildman–Crippen LogP) is 4.77. The van der Waals surface area contributed by atoms with E-state index in [0.29, 0.717) is 11.5 Å². The van der Waals surface area contributed by atoms with Crippen LogP contribution in [0, 0.1) is 5.92 Å². The number of carbonyl (C=O) groups excluding carboxylic acids is 1. The molecule has 0 amide bonds. The second kappa shape index (κ2) is 8.68. The minimum atomic E-state index is -1.04. The van der Waals surface area contributed by atoms with Gasteiger partial charge in [-0.3, -0.25) is 9.59 Å². The third kappa shape index (κ3) is 5.46. The minimum Gasteiger partial charge on any atom is -0.506 e. The van der Waals surface area contributed by atoms with E-state index in [0.717, 1.165) is 12.0 Å². The molecule has 0 aliphatic carbocycles. The Morgan fingerprint density at radius 3 is 2.35 bits per heavy atom. The first-order valence-electron chi connectivity index (χ1n) is 8.30. The molecule has 2 aromatic rings.